The number of carbonyl (C=O) groups excluding carboxylic acids is 1. The van der Waals surface area contributed by atoms with Crippen molar-refractivity contribution in [2.75, 3.05) is 6.54 Å². The zero-order valence-electron chi connectivity index (χ0n) is 15.1. The highest BCUT2D eigenvalue weighted by molar-refractivity contribution is 5.85. The molecular formula is C20H23ClN4O2. The zero-order valence-corrected chi connectivity index (χ0v) is 15.9. The lowest BCUT2D eigenvalue weighted by molar-refractivity contribution is -0.122. The molecule has 0 saturated carbocycles. The standard InChI is InChI=1S/C20H22N4O2.ClH/c1-2-17-23-20(26-24-17)16-10-8-14(9-11-16)12-13-22-19(25)18(21)15-6-4-3-5-7-15;/h3-11,18H,2,12-13,21H2,1H3,(H,22,25);1H. The second kappa shape index (κ2) is 9.85. The first-order valence-electron chi connectivity index (χ1n) is 8.67. The highest BCUT2D eigenvalue weighted by atomic mass is 35.5. The minimum absolute atomic E-state index is 0. The van der Waals surface area contributed by atoms with Gasteiger partial charge in [0.1, 0.15) is 6.04 Å². The molecule has 7 heteroatoms. The molecule has 1 aromatic heterocycles. The normalized spacial score (nSPS) is 11.5. The Morgan fingerprint density at radius 2 is 1.85 bits per heavy atom. The van der Waals surface area contributed by atoms with Crippen molar-refractivity contribution in [2.24, 2.45) is 5.73 Å². The minimum Gasteiger partial charge on any atom is -0.354 e. The Balaban J connectivity index is 0.00000261. The zero-order chi connectivity index (χ0) is 18.4. The maximum atomic E-state index is 12.1. The van der Waals surface area contributed by atoms with Gasteiger partial charge < -0.3 is 15.6 Å². The summed E-state index contributed by atoms with van der Waals surface area (Å²) >= 11 is 0. The smallest absolute Gasteiger partial charge is 0.257 e. The van der Waals surface area contributed by atoms with Gasteiger partial charge in [-0.15, -0.1) is 12.4 Å². The molecule has 1 amide bonds. The van der Waals surface area contributed by atoms with Crippen LogP contribution < -0.4 is 11.1 Å². The molecule has 0 fully saturated rings. The van der Waals surface area contributed by atoms with E-state index in [1.165, 1.54) is 0 Å². The summed E-state index contributed by atoms with van der Waals surface area (Å²) in [6.45, 7) is 2.51. The molecule has 2 aromatic carbocycles. The molecule has 6 nitrogen and oxygen atoms in total. The van der Waals surface area contributed by atoms with E-state index in [2.05, 4.69) is 15.5 Å². The number of hydrogen-bond acceptors (Lipinski definition) is 5. The average molecular weight is 387 g/mol. The molecule has 27 heavy (non-hydrogen) atoms. The molecule has 1 unspecified atom stereocenters. The van der Waals surface area contributed by atoms with Gasteiger partial charge in [-0.25, -0.2) is 0 Å². The first kappa shape index (κ1) is 20.6. The van der Waals surface area contributed by atoms with E-state index in [-0.39, 0.29) is 18.3 Å². The SMILES string of the molecule is CCc1noc(-c2ccc(CCNC(=O)C(N)c3ccccc3)cc2)n1.Cl. The van der Waals surface area contributed by atoms with Crippen molar-refractivity contribution in [1.29, 1.82) is 0 Å². The molecule has 0 spiro atoms. The number of aryl methyl sites for hydroxylation is 1. The average Bonchev–Trinajstić information content (AvgIpc) is 3.18. The second-order valence-corrected chi connectivity index (χ2v) is 6.00. The lowest BCUT2D eigenvalue weighted by atomic mass is 10.1. The number of nitrogens with two attached hydrogens (primary N) is 1. The van der Waals surface area contributed by atoms with Crippen LogP contribution in [0.1, 0.15) is 29.9 Å². The molecule has 3 N–H and O–H groups in total. The summed E-state index contributed by atoms with van der Waals surface area (Å²) in [7, 11) is 0. The fourth-order valence-electron chi connectivity index (χ4n) is 2.58. The maximum Gasteiger partial charge on any atom is 0.257 e. The molecule has 3 aromatic rings. The molecule has 1 atom stereocenters. The van der Waals surface area contributed by atoms with Crippen LogP contribution in [0.2, 0.25) is 0 Å². The summed E-state index contributed by atoms with van der Waals surface area (Å²) in [6, 6.07) is 16.6. The molecule has 0 aliphatic rings. The van der Waals surface area contributed by atoms with Gasteiger partial charge in [-0.05, 0) is 29.7 Å². The van der Waals surface area contributed by atoms with E-state index in [1.54, 1.807) is 0 Å². The highest BCUT2D eigenvalue weighted by Crippen LogP contribution is 2.18. The summed E-state index contributed by atoms with van der Waals surface area (Å²) in [5, 5.41) is 6.78. The Labute approximate surface area is 164 Å². The number of carbonyl (C=O) groups is 1. The fraction of sp³-hybridized carbons (Fsp3) is 0.250. The monoisotopic (exact) mass is 386 g/mol. The van der Waals surface area contributed by atoms with Gasteiger partial charge >= 0.3 is 0 Å². The van der Waals surface area contributed by atoms with Crippen molar-refractivity contribution in [1.82, 2.24) is 15.5 Å². The maximum absolute atomic E-state index is 12.1. The molecular weight excluding hydrogens is 364 g/mol. The molecule has 0 aliphatic carbocycles. The Morgan fingerprint density at radius 3 is 2.48 bits per heavy atom. The summed E-state index contributed by atoms with van der Waals surface area (Å²) in [5.74, 6) is 1.04. The van der Waals surface area contributed by atoms with Crippen molar-refractivity contribution in [3.63, 3.8) is 0 Å². The van der Waals surface area contributed by atoms with Crippen LogP contribution in [0.4, 0.5) is 0 Å². The van der Waals surface area contributed by atoms with E-state index in [4.69, 9.17) is 10.3 Å². The van der Waals surface area contributed by atoms with Crippen molar-refractivity contribution in [2.45, 2.75) is 25.8 Å². The van der Waals surface area contributed by atoms with Crippen LogP contribution in [0, 0.1) is 0 Å². The van der Waals surface area contributed by atoms with Crippen LogP contribution in [0.5, 0.6) is 0 Å². The van der Waals surface area contributed by atoms with Crippen LogP contribution in [-0.4, -0.2) is 22.6 Å². The topological polar surface area (TPSA) is 94.0 Å². The predicted octanol–water partition coefficient (Wildman–Crippen LogP) is 3.08. The Bertz CT molecular complexity index is 850. The number of benzene rings is 2. The molecule has 3 rings (SSSR count). The number of nitrogens with one attached hydrogen (secondary N) is 1. The lowest BCUT2D eigenvalue weighted by Gasteiger charge is -2.12. The van der Waals surface area contributed by atoms with Crippen molar-refractivity contribution in [3.05, 3.63) is 71.5 Å². The predicted molar refractivity (Wildman–Crippen MR) is 106 cm³/mol. The van der Waals surface area contributed by atoms with Crippen LogP contribution in [0.15, 0.2) is 59.1 Å². The van der Waals surface area contributed by atoms with Gasteiger partial charge in [-0.1, -0.05) is 54.5 Å². The van der Waals surface area contributed by atoms with Crippen LogP contribution >= 0.6 is 12.4 Å². The Hall–Kier alpha value is -2.70. The number of rotatable bonds is 7. The molecule has 0 bridgehead atoms. The second-order valence-electron chi connectivity index (χ2n) is 6.00. The molecule has 1 heterocycles. The summed E-state index contributed by atoms with van der Waals surface area (Å²) < 4.78 is 5.23. The lowest BCUT2D eigenvalue weighted by Crippen LogP contribution is -2.35. The number of aromatic nitrogens is 2. The van der Waals surface area contributed by atoms with Gasteiger partial charge in [-0.3, -0.25) is 4.79 Å². The van der Waals surface area contributed by atoms with E-state index >= 15 is 0 Å². The number of amides is 1. The quantitative estimate of drug-likeness (QED) is 0.650. The third-order valence-electron chi connectivity index (χ3n) is 4.14. The molecule has 142 valence electrons. The first-order valence-corrected chi connectivity index (χ1v) is 8.67. The fourth-order valence-corrected chi connectivity index (χ4v) is 2.58. The van der Waals surface area contributed by atoms with Crippen molar-refractivity contribution < 1.29 is 9.32 Å². The van der Waals surface area contributed by atoms with Crippen LogP contribution in [0.25, 0.3) is 11.5 Å². The van der Waals surface area contributed by atoms with Gasteiger partial charge in [0.15, 0.2) is 5.82 Å². The van der Waals surface area contributed by atoms with Crippen molar-refractivity contribution in [3.8, 4) is 11.5 Å². The van der Waals surface area contributed by atoms with Gasteiger partial charge in [0.25, 0.3) is 5.89 Å². The van der Waals surface area contributed by atoms with E-state index in [0.29, 0.717) is 18.3 Å². The number of nitrogens with zero attached hydrogens (tertiary/aromatic N) is 2. The summed E-state index contributed by atoms with van der Waals surface area (Å²) in [5.41, 5.74) is 8.78. The minimum atomic E-state index is -0.649. The third-order valence-corrected chi connectivity index (χ3v) is 4.14. The van der Waals surface area contributed by atoms with E-state index in [0.717, 1.165) is 29.5 Å². The van der Waals surface area contributed by atoms with Gasteiger partial charge in [-0.2, -0.15) is 4.98 Å². The van der Waals surface area contributed by atoms with E-state index in [9.17, 15) is 4.79 Å². The van der Waals surface area contributed by atoms with Crippen LogP contribution in [-0.2, 0) is 17.6 Å². The largest absolute Gasteiger partial charge is 0.354 e. The Kier molecular flexibility index (Phi) is 7.52. The van der Waals surface area contributed by atoms with E-state index in [1.807, 2.05) is 61.5 Å². The third kappa shape index (κ3) is 5.39. The summed E-state index contributed by atoms with van der Waals surface area (Å²) in [4.78, 5) is 16.5. The molecule has 0 radical (unpaired) electrons. The Morgan fingerprint density at radius 1 is 1.15 bits per heavy atom. The van der Waals surface area contributed by atoms with Crippen LogP contribution in [0.3, 0.4) is 0 Å². The number of halogens is 1. The first-order chi connectivity index (χ1) is 12.7. The highest BCUT2D eigenvalue weighted by Gasteiger charge is 2.14. The van der Waals surface area contributed by atoms with Gasteiger partial charge in [0.05, 0.1) is 0 Å². The summed E-state index contributed by atoms with van der Waals surface area (Å²) in [6.07, 6.45) is 1.46. The molecule has 0 aliphatic heterocycles. The number of hydrogen-bond donors (Lipinski definition) is 2. The van der Waals surface area contributed by atoms with Gasteiger partial charge in [0, 0.05) is 18.5 Å². The van der Waals surface area contributed by atoms with Crippen molar-refractivity contribution >= 4 is 18.3 Å². The van der Waals surface area contributed by atoms with Gasteiger partial charge in [0.2, 0.25) is 5.91 Å². The molecule has 0 saturated heterocycles. The van der Waals surface area contributed by atoms with E-state index < -0.39 is 6.04 Å².